The first kappa shape index (κ1) is 22.6. The van der Waals surface area contributed by atoms with Crippen molar-refractivity contribution in [3.05, 3.63) is 43.9 Å². The number of nitro benzene ring substituents is 1. The van der Waals surface area contributed by atoms with Crippen molar-refractivity contribution in [2.75, 3.05) is 13.2 Å². The van der Waals surface area contributed by atoms with Crippen molar-refractivity contribution >= 4 is 44.3 Å². The van der Waals surface area contributed by atoms with E-state index < -0.39 is 28.3 Å². The first-order valence-corrected chi connectivity index (χ1v) is 10.1. The van der Waals surface area contributed by atoms with Crippen LogP contribution in [0, 0.1) is 10.1 Å². The van der Waals surface area contributed by atoms with Gasteiger partial charge in [-0.1, -0.05) is 26.7 Å². The molecule has 2 aromatic carbocycles. The second-order valence-electron chi connectivity index (χ2n) is 6.42. The monoisotopic (exact) mass is 467 g/mol. The van der Waals surface area contributed by atoms with E-state index in [9.17, 15) is 24.8 Å². The molecule has 29 heavy (non-hydrogen) atoms. The van der Waals surface area contributed by atoms with Gasteiger partial charge < -0.3 is 14.6 Å². The van der Waals surface area contributed by atoms with Gasteiger partial charge in [0.05, 0.1) is 33.6 Å². The third-order valence-corrected chi connectivity index (χ3v) is 5.02. The van der Waals surface area contributed by atoms with Gasteiger partial charge in [0, 0.05) is 6.07 Å². The van der Waals surface area contributed by atoms with E-state index in [4.69, 9.17) is 9.47 Å². The third-order valence-electron chi connectivity index (χ3n) is 4.24. The Morgan fingerprint density at radius 1 is 1.07 bits per heavy atom. The molecule has 0 unspecified atom stereocenters. The summed E-state index contributed by atoms with van der Waals surface area (Å²) in [5.74, 6) is -1.91. The summed E-state index contributed by atoms with van der Waals surface area (Å²) in [7, 11) is 0. The highest BCUT2D eigenvalue weighted by Gasteiger charge is 2.25. The van der Waals surface area contributed by atoms with Crippen LogP contribution in [0.5, 0.6) is 5.75 Å². The number of halogens is 1. The molecule has 8 nitrogen and oxygen atoms in total. The molecule has 2 rings (SSSR count). The van der Waals surface area contributed by atoms with Gasteiger partial charge in [-0.15, -0.1) is 0 Å². The van der Waals surface area contributed by atoms with Crippen LogP contribution in [0.25, 0.3) is 10.8 Å². The average molecular weight is 468 g/mol. The minimum Gasteiger partial charge on any atom is -0.506 e. The van der Waals surface area contributed by atoms with Gasteiger partial charge in [-0.3, -0.25) is 10.1 Å². The molecule has 0 bridgehead atoms. The van der Waals surface area contributed by atoms with Gasteiger partial charge in [-0.25, -0.2) is 9.59 Å². The van der Waals surface area contributed by atoms with E-state index in [0.717, 1.165) is 18.9 Å². The molecule has 156 valence electrons. The van der Waals surface area contributed by atoms with Crippen LogP contribution in [0.3, 0.4) is 0 Å². The molecular weight excluding hydrogens is 446 g/mol. The van der Waals surface area contributed by atoms with Crippen LogP contribution < -0.4 is 0 Å². The number of esters is 2. The number of phenols is 1. The fourth-order valence-corrected chi connectivity index (χ4v) is 3.30. The molecule has 9 heteroatoms. The van der Waals surface area contributed by atoms with Crippen LogP contribution >= 0.6 is 15.9 Å². The van der Waals surface area contributed by atoms with Crippen molar-refractivity contribution in [2.24, 2.45) is 0 Å². The number of hydrogen-bond donors (Lipinski definition) is 1. The first-order chi connectivity index (χ1) is 13.8. The highest BCUT2D eigenvalue weighted by molar-refractivity contribution is 9.10. The van der Waals surface area contributed by atoms with Crippen LogP contribution in [0.1, 0.15) is 60.2 Å². The zero-order valence-corrected chi connectivity index (χ0v) is 17.8. The minimum atomic E-state index is -0.753. The van der Waals surface area contributed by atoms with Crippen molar-refractivity contribution in [2.45, 2.75) is 39.5 Å². The molecule has 0 aliphatic rings. The summed E-state index contributed by atoms with van der Waals surface area (Å²) in [5, 5.41) is 22.3. The SMILES string of the molecule is CCCCOC(=O)c1cc([N+](=O)[O-])c2c(Br)c(O)c(C(=O)OCCCC)cc2c1. The molecule has 0 heterocycles. The van der Waals surface area contributed by atoms with Gasteiger partial charge in [0.15, 0.2) is 0 Å². The molecule has 1 N–H and O–H groups in total. The van der Waals surface area contributed by atoms with Crippen molar-refractivity contribution in [1.29, 1.82) is 0 Å². The molecule has 0 aliphatic carbocycles. The molecule has 0 saturated carbocycles. The number of carbonyl (C=O) groups is 2. The van der Waals surface area contributed by atoms with Gasteiger partial charge in [-0.05, 0) is 46.3 Å². The Balaban J connectivity index is 2.56. The lowest BCUT2D eigenvalue weighted by molar-refractivity contribution is -0.383. The highest BCUT2D eigenvalue weighted by atomic mass is 79.9. The molecule has 0 fully saturated rings. The topological polar surface area (TPSA) is 116 Å². The zero-order chi connectivity index (χ0) is 21.6. The van der Waals surface area contributed by atoms with Crippen LogP contribution in [-0.4, -0.2) is 35.2 Å². The van der Waals surface area contributed by atoms with Gasteiger partial charge in [-0.2, -0.15) is 0 Å². The van der Waals surface area contributed by atoms with Crippen molar-refractivity contribution in [1.82, 2.24) is 0 Å². The Morgan fingerprint density at radius 3 is 2.21 bits per heavy atom. The van der Waals surface area contributed by atoms with E-state index >= 15 is 0 Å². The van der Waals surface area contributed by atoms with Gasteiger partial charge in [0.25, 0.3) is 5.69 Å². The highest BCUT2D eigenvalue weighted by Crippen LogP contribution is 2.41. The maximum atomic E-state index is 12.3. The Kier molecular flexibility index (Phi) is 7.95. The third kappa shape index (κ3) is 5.23. The number of aromatic hydroxyl groups is 1. The van der Waals surface area contributed by atoms with Crippen molar-refractivity contribution < 1.29 is 29.1 Å². The van der Waals surface area contributed by atoms with E-state index in [1.807, 2.05) is 13.8 Å². The zero-order valence-electron chi connectivity index (χ0n) is 16.2. The second-order valence-corrected chi connectivity index (χ2v) is 7.21. The molecule has 0 atom stereocenters. The van der Waals surface area contributed by atoms with Gasteiger partial charge in [0.2, 0.25) is 0 Å². The first-order valence-electron chi connectivity index (χ1n) is 9.29. The lowest BCUT2D eigenvalue weighted by atomic mass is 10.0. The molecule has 2 aromatic rings. The largest absolute Gasteiger partial charge is 0.506 e. The van der Waals surface area contributed by atoms with E-state index in [1.54, 1.807) is 0 Å². The van der Waals surface area contributed by atoms with E-state index in [0.29, 0.717) is 12.8 Å². The number of ether oxygens (including phenoxy) is 2. The summed E-state index contributed by atoms with van der Waals surface area (Å²) in [6.45, 7) is 4.28. The summed E-state index contributed by atoms with van der Waals surface area (Å²) in [5.41, 5.74) is -0.549. The number of unbranched alkanes of at least 4 members (excludes halogenated alkanes) is 2. The number of fused-ring (bicyclic) bond motifs is 1. The van der Waals surface area contributed by atoms with E-state index in [1.165, 1.54) is 12.1 Å². The molecule has 0 aliphatic heterocycles. The summed E-state index contributed by atoms with van der Waals surface area (Å²) in [6.07, 6.45) is 3.01. The maximum absolute atomic E-state index is 12.3. The van der Waals surface area contributed by atoms with Crippen LogP contribution in [0.15, 0.2) is 22.7 Å². The fraction of sp³-hybridized carbons (Fsp3) is 0.400. The molecule has 0 amide bonds. The summed E-state index contributed by atoms with van der Waals surface area (Å²) in [6, 6.07) is 3.77. The Bertz CT molecular complexity index is 942. The number of phenolic OH excluding ortho intramolecular Hbond substituents is 1. The van der Waals surface area contributed by atoms with E-state index in [-0.39, 0.29) is 39.6 Å². The lowest BCUT2D eigenvalue weighted by Gasteiger charge is -2.12. The number of hydrogen-bond acceptors (Lipinski definition) is 7. The lowest BCUT2D eigenvalue weighted by Crippen LogP contribution is -2.09. The average Bonchev–Trinajstić information content (AvgIpc) is 2.69. The number of benzene rings is 2. The van der Waals surface area contributed by atoms with Gasteiger partial charge >= 0.3 is 11.9 Å². The quantitative estimate of drug-likeness (QED) is 0.235. The maximum Gasteiger partial charge on any atom is 0.341 e. The summed E-state index contributed by atoms with van der Waals surface area (Å²) in [4.78, 5) is 35.5. The molecular formula is C20H22BrNO7. The van der Waals surface area contributed by atoms with Crippen LogP contribution in [-0.2, 0) is 9.47 Å². The predicted octanol–water partition coefficient (Wildman–Crippen LogP) is 5.13. The number of non-ortho nitro benzene ring substituents is 1. The predicted molar refractivity (Wildman–Crippen MR) is 110 cm³/mol. The fourth-order valence-electron chi connectivity index (χ4n) is 2.66. The summed E-state index contributed by atoms with van der Waals surface area (Å²) < 4.78 is 10.2. The number of nitrogens with zero attached hydrogens (tertiary/aromatic N) is 1. The van der Waals surface area contributed by atoms with Gasteiger partial charge in [0.1, 0.15) is 11.3 Å². The smallest absolute Gasteiger partial charge is 0.341 e. The number of rotatable bonds is 9. The number of nitro groups is 1. The molecule has 0 saturated heterocycles. The molecule has 0 radical (unpaired) electrons. The van der Waals surface area contributed by atoms with Crippen molar-refractivity contribution in [3.8, 4) is 5.75 Å². The Morgan fingerprint density at radius 2 is 1.66 bits per heavy atom. The normalized spacial score (nSPS) is 10.7. The standard InChI is InChI=1S/C20H22BrNO7/c1-3-5-7-28-19(24)13-9-12-10-14(20(25)29-8-6-4-2)18(23)17(21)16(12)15(11-13)22(26)27/h9-11,23H,3-8H2,1-2H3. The second kappa shape index (κ2) is 10.2. The minimum absolute atomic E-state index is 0.0109. The van der Waals surface area contributed by atoms with E-state index in [2.05, 4.69) is 15.9 Å². The van der Waals surface area contributed by atoms with Crippen LogP contribution in [0.2, 0.25) is 0 Å². The van der Waals surface area contributed by atoms with Crippen LogP contribution in [0.4, 0.5) is 5.69 Å². The summed E-state index contributed by atoms with van der Waals surface area (Å²) >= 11 is 3.14. The van der Waals surface area contributed by atoms with Crippen molar-refractivity contribution in [3.63, 3.8) is 0 Å². The molecule has 0 spiro atoms. The Labute approximate surface area is 176 Å². The molecule has 0 aromatic heterocycles. The number of carbonyl (C=O) groups excluding carboxylic acids is 2. The Hall–Kier alpha value is -2.68.